The van der Waals surface area contributed by atoms with Crippen LogP contribution in [-0.2, 0) is 0 Å². The van der Waals surface area contributed by atoms with Crippen LogP contribution in [0.5, 0.6) is 0 Å². The molecule has 3 saturated heterocycles. The van der Waals surface area contributed by atoms with Crippen molar-refractivity contribution in [2.45, 2.75) is 18.9 Å². The van der Waals surface area contributed by atoms with Gasteiger partial charge in [-0.15, -0.1) is 0 Å². The standard InChI is InChI=1S/C14H17ClN2O/c15-12-3-1-11(2-4-12)14(18)16-13-9-17-7-5-10(13)6-8-17/h1-4,10,13H,5-9H2,(H,16,18)/t13-/m1/s1. The fourth-order valence-corrected chi connectivity index (χ4v) is 3.11. The summed E-state index contributed by atoms with van der Waals surface area (Å²) in [7, 11) is 0. The number of amides is 1. The van der Waals surface area contributed by atoms with E-state index in [-0.39, 0.29) is 5.91 Å². The van der Waals surface area contributed by atoms with E-state index in [1.165, 1.54) is 25.9 Å². The minimum atomic E-state index is 0.0189. The Balaban J connectivity index is 1.66. The molecule has 4 rings (SSSR count). The summed E-state index contributed by atoms with van der Waals surface area (Å²) >= 11 is 5.82. The molecule has 0 aromatic heterocycles. The van der Waals surface area contributed by atoms with E-state index in [0.29, 0.717) is 22.5 Å². The van der Waals surface area contributed by atoms with Gasteiger partial charge in [0.2, 0.25) is 0 Å². The molecule has 18 heavy (non-hydrogen) atoms. The van der Waals surface area contributed by atoms with Gasteiger partial charge in [-0.1, -0.05) is 11.6 Å². The van der Waals surface area contributed by atoms with Crippen LogP contribution in [0.2, 0.25) is 5.02 Å². The van der Waals surface area contributed by atoms with Crippen molar-refractivity contribution in [3.05, 3.63) is 34.9 Å². The Morgan fingerprint density at radius 3 is 2.44 bits per heavy atom. The molecule has 0 unspecified atom stereocenters. The van der Waals surface area contributed by atoms with Crippen LogP contribution in [-0.4, -0.2) is 36.5 Å². The molecule has 1 N–H and O–H groups in total. The van der Waals surface area contributed by atoms with Crippen molar-refractivity contribution in [1.29, 1.82) is 0 Å². The molecular formula is C14H17ClN2O. The van der Waals surface area contributed by atoms with Gasteiger partial charge >= 0.3 is 0 Å². The molecule has 0 radical (unpaired) electrons. The van der Waals surface area contributed by atoms with E-state index >= 15 is 0 Å². The fourth-order valence-electron chi connectivity index (χ4n) is 2.98. The second kappa shape index (κ2) is 4.90. The molecule has 0 spiro atoms. The van der Waals surface area contributed by atoms with Gasteiger partial charge in [-0.2, -0.15) is 0 Å². The van der Waals surface area contributed by atoms with Crippen LogP contribution in [0.25, 0.3) is 0 Å². The average Bonchev–Trinajstić information content (AvgIpc) is 2.41. The highest BCUT2D eigenvalue weighted by Gasteiger charge is 2.34. The number of benzene rings is 1. The van der Waals surface area contributed by atoms with E-state index in [9.17, 15) is 4.79 Å². The van der Waals surface area contributed by atoms with Gasteiger partial charge in [0.05, 0.1) is 0 Å². The topological polar surface area (TPSA) is 32.3 Å². The van der Waals surface area contributed by atoms with Gasteiger partial charge in [-0.3, -0.25) is 4.79 Å². The molecule has 3 nitrogen and oxygen atoms in total. The second-order valence-electron chi connectivity index (χ2n) is 5.22. The highest BCUT2D eigenvalue weighted by Crippen LogP contribution is 2.27. The Kier molecular flexibility index (Phi) is 3.27. The predicted molar refractivity (Wildman–Crippen MR) is 71.9 cm³/mol. The molecule has 3 aliphatic rings. The Morgan fingerprint density at radius 1 is 1.22 bits per heavy atom. The molecule has 1 aromatic carbocycles. The summed E-state index contributed by atoms with van der Waals surface area (Å²) in [5, 5.41) is 3.82. The third-order valence-electron chi connectivity index (χ3n) is 4.08. The second-order valence-corrected chi connectivity index (χ2v) is 5.66. The van der Waals surface area contributed by atoms with Crippen molar-refractivity contribution in [3.8, 4) is 0 Å². The van der Waals surface area contributed by atoms with Gasteiger partial charge in [0.1, 0.15) is 0 Å². The van der Waals surface area contributed by atoms with Gasteiger partial charge in [0.25, 0.3) is 5.91 Å². The molecule has 1 amide bonds. The number of nitrogens with zero attached hydrogens (tertiary/aromatic N) is 1. The monoisotopic (exact) mass is 264 g/mol. The van der Waals surface area contributed by atoms with E-state index in [0.717, 1.165) is 6.54 Å². The van der Waals surface area contributed by atoms with Crippen molar-refractivity contribution < 1.29 is 4.79 Å². The quantitative estimate of drug-likeness (QED) is 0.888. The lowest BCUT2D eigenvalue weighted by atomic mass is 9.84. The summed E-state index contributed by atoms with van der Waals surface area (Å²) in [6, 6.07) is 7.38. The number of piperidine rings is 3. The molecule has 3 fully saturated rings. The Morgan fingerprint density at radius 2 is 1.89 bits per heavy atom. The molecule has 1 aromatic rings. The maximum Gasteiger partial charge on any atom is 0.251 e. The van der Waals surface area contributed by atoms with E-state index < -0.39 is 0 Å². The molecule has 96 valence electrons. The summed E-state index contributed by atoms with van der Waals surface area (Å²) in [4.78, 5) is 14.6. The van der Waals surface area contributed by atoms with Gasteiger partial charge in [-0.05, 0) is 56.1 Å². The maximum absolute atomic E-state index is 12.1. The van der Waals surface area contributed by atoms with E-state index in [2.05, 4.69) is 10.2 Å². The summed E-state index contributed by atoms with van der Waals surface area (Å²) in [6.45, 7) is 3.39. The van der Waals surface area contributed by atoms with Crippen molar-refractivity contribution in [2.75, 3.05) is 19.6 Å². The molecule has 2 bridgehead atoms. The number of rotatable bonds is 2. The summed E-state index contributed by atoms with van der Waals surface area (Å²) in [5.41, 5.74) is 0.691. The lowest BCUT2D eigenvalue weighted by molar-refractivity contribution is 0.0620. The number of hydrogen-bond donors (Lipinski definition) is 1. The van der Waals surface area contributed by atoms with E-state index in [4.69, 9.17) is 11.6 Å². The first-order chi connectivity index (χ1) is 8.72. The van der Waals surface area contributed by atoms with E-state index in [1.54, 1.807) is 24.3 Å². The van der Waals surface area contributed by atoms with Crippen LogP contribution in [0, 0.1) is 5.92 Å². The summed E-state index contributed by atoms with van der Waals surface area (Å²) in [5.74, 6) is 0.677. The first-order valence-electron chi connectivity index (χ1n) is 6.51. The number of carbonyl (C=O) groups excluding carboxylic acids is 1. The third kappa shape index (κ3) is 2.38. The maximum atomic E-state index is 12.1. The third-order valence-corrected chi connectivity index (χ3v) is 4.33. The number of fused-ring (bicyclic) bond motifs is 3. The molecule has 3 aliphatic heterocycles. The smallest absolute Gasteiger partial charge is 0.251 e. The fraction of sp³-hybridized carbons (Fsp3) is 0.500. The molecule has 0 saturated carbocycles. The van der Waals surface area contributed by atoms with Crippen molar-refractivity contribution in [1.82, 2.24) is 10.2 Å². The number of halogens is 1. The lowest BCUT2D eigenvalue weighted by Crippen LogP contribution is -2.57. The zero-order chi connectivity index (χ0) is 12.5. The van der Waals surface area contributed by atoms with Crippen LogP contribution in [0.1, 0.15) is 23.2 Å². The largest absolute Gasteiger partial charge is 0.348 e. The van der Waals surface area contributed by atoms with Gasteiger partial charge in [-0.25, -0.2) is 0 Å². The Hall–Kier alpha value is -1.06. The first kappa shape index (κ1) is 12.0. The molecule has 4 heteroatoms. The molecular weight excluding hydrogens is 248 g/mol. The van der Waals surface area contributed by atoms with E-state index in [1.807, 2.05) is 0 Å². The minimum absolute atomic E-state index is 0.0189. The van der Waals surface area contributed by atoms with Crippen LogP contribution in [0.4, 0.5) is 0 Å². The summed E-state index contributed by atoms with van der Waals surface area (Å²) < 4.78 is 0. The SMILES string of the molecule is O=C(N[C@@H]1CN2CCC1CC2)c1ccc(Cl)cc1. The van der Waals surface area contributed by atoms with Crippen LogP contribution < -0.4 is 5.32 Å². The molecule has 3 heterocycles. The van der Waals surface area contributed by atoms with Gasteiger partial charge in [0, 0.05) is 23.2 Å². The van der Waals surface area contributed by atoms with Crippen LogP contribution in [0.15, 0.2) is 24.3 Å². The normalized spacial score (nSPS) is 30.2. The van der Waals surface area contributed by atoms with Crippen molar-refractivity contribution >= 4 is 17.5 Å². The number of carbonyl (C=O) groups is 1. The molecule has 1 atom stereocenters. The predicted octanol–water partition coefficient (Wildman–Crippen LogP) is 2.16. The first-order valence-corrected chi connectivity index (χ1v) is 6.89. The minimum Gasteiger partial charge on any atom is -0.348 e. The van der Waals surface area contributed by atoms with Crippen LogP contribution >= 0.6 is 11.6 Å². The van der Waals surface area contributed by atoms with Gasteiger partial charge < -0.3 is 10.2 Å². The highest BCUT2D eigenvalue weighted by atomic mass is 35.5. The zero-order valence-electron chi connectivity index (χ0n) is 10.2. The molecule has 0 aliphatic carbocycles. The van der Waals surface area contributed by atoms with Crippen molar-refractivity contribution in [3.63, 3.8) is 0 Å². The lowest BCUT2D eigenvalue weighted by Gasteiger charge is -2.44. The Bertz CT molecular complexity index is 438. The van der Waals surface area contributed by atoms with Crippen molar-refractivity contribution in [2.24, 2.45) is 5.92 Å². The summed E-state index contributed by atoms with van der Waals surface area (Å²) in [6.07, 6.45) is 2.43. The zero-order valence-corrected chi connectivity index (χ0v) is 11.0. The number of hydrogen-bond acceptors (Lipinski definition) is 2. The Labute approximate surface area is 112 Å². The van der Waals surface area contributed by atoms with Crippen LogP contribution in [0.3, 0.4) is 0 Å². The highest BCUT2D eigenvalue weighted by molar-refractivity contribution is 6.30. The van der Waals surface area contributed by atoms with Gasteiger partial charge in [0.15, 0.2) is 0 Å². The number of nitrogens with one attached hydrogen (secondary N) is 1. The average molecular weight is 265 g/mol.